The van der Waals surface area contributed by atoms with Crippen molar-refractivity contribution in [3.63, 3.8) is 0 Å². The Morgan fingerprint density at radius 3 is 1.94 bits per heavy atom. The Morgan fingerprint density at radius 2 is 1.39 bits per heavy atom. The van der Waals surface area contributed by atoms with Crippen LogP contribution in [-0.4, -0.2) is 11.7 Å². The molecule has 0 heterocycles. The Hall–Kier alpha value is -2.30. The van der Waals surface area contributed by atoms with Crippen LogP contribution in [0.25, 0.3) is 21.5 Å². The summed E-state index contributed by atoms with van der Waals surface area (Å²) in [6, 6.07) is 18.6. The normalized spacial score (nSPS) is 10.3. The molecule has 0 radical (unpaired) electrons. The van der Waals surface area contributed by atoms with Gasteiger partial charge in [0.15, 0.2) is 0 Å². The van der Waals surface area contributed by atoms with Gasteiger partial charge < -0.3 is 5.11 Å². The topological polar surface area (TPSA) is 20.2 Å². The zero-order valence-electron chi connectivity index (χ0n) is 9.85. The number of rotatable bonds is 0. The van der Waals surface area contributed by atoms with Crippen molar-refractivity contribution in [1.29, 1.82) is 0 Å². The molecule has 0 aliphatic rings. The number of aliphatic hydroxyl groups is 1. The molecule has 3 aromatic carbocycles. The Labute approximate surface area is 106 Å². The number of benzene rings is 3. The van der Waals surface area contributed by atoms with Gasteiger partial charge in [-0.3, -0.25) is 0 Å². The second-order valence-electron chi connectivity index (χ2n) is 4.15. The van der Waals surface area contributed by atoms with Crippen LogP contribution in [0, 0.1) is 11.8 Å². The van der Waals surface area contributed by atoms with Crippen molar-refractivity contribution >= 4 is 21.5 Å². The van der Waals surface area contributed by atoms with Crippen LogP contribution in [0.1, 0.15) is 5.56 Å². The predicted molar refractivity (Wildman–Crippen MR) is 75.4 cm³/mol. The summed E-state index contributed by atoms with van der Waals surface area (Å²) in [5, 5.41) is 13.5. The van der Waals surface area contributed by atoms with E-state index in [1.807, 2.05) is 24.3 Å². The van der Waals surface area contributed by atoms with E-state index in [2.05, 4.69) is 42.2 Å². The molecule has 0 fully saturated rings. The number of hydrogen-bond donors (Lipinski definition) is 1. The molecule has 3 aromatic rings. The minimum Gasteiger partial charge on any atom is -0.384 e. The largest absolute Gasteiger partial charge is 0.384 e. The van der Waals surface area contributed by atoms with E-state index in [4.69, 9.17) is 5.11 Å². The standard InChI is InChI=1S/C17H12O/c18-11-5-10-17-15-8-3-1-6-13(15)12-14-7-2-4-9-16(14)17/h1-4,6-9,12,18H,11H2. The third-order valence-electron chi connectivity index (χ3n) is 3.06. The molecular formula is C17H12O. The quantitative estimate of drug-likeness (QED) is 0.465. The van der Waals surface area contributed by atoms with Crippen LogP contribution in [0.15, 0.2) is 54.6 Å². The Balaban J connectivity index is 2.49. The second-order valence-corrected chi connectivity index (χ2v) is 4.15. The summed E-state index contributed by atoms with van der Waals surface area (Å²) in [6.45, 7) is -0.114. The maximum Gasteiger partial charge on any atom is 0.104 e. The molecule has 0 atom stereocenters. The van der Waals surface area contributed by atoms with Crippen LogP contribution < -0.4 is 0 Å². The van der Waals surface area contributed by atoms with Crippen molar-refractivity contribution in [3.8, 4) is 11.8 Å². The fourth-order valence-electron chi connectivity index (χ4n) is 2.28. The number of fused-ring (bicyclic) bond motifs is 2. The zero-order valence-corrected chi connectivity index (χ0v) is 9.85. The van der Waals surface area contributed by atoms with Crippen molar-refractivity contribution in [2.45, 2.75) is 0 Å². The number of aliphatic hydroxyl groups excluding tert-OH is 1. The SMILES string of the molecule is OCC#Cc1c2ccccc2cc2ccccc12. The Morgan fingerprint density at radius 1 is 0.833 bits per heavy atom. The molecule has 3 rings (SSSR count). The third kappa shape index (κ3) is 1.73. The van der Waals surface area contributed by atoms with Gasteiger partial charge in [0, 0.05) is 5.56 Å². The molecule has 1 heteroatoms. The molecule has 0 bridgehead atoms. The first kappa shape index (κ1) is 10.8. The van der Waals surface area contributed by atoms with E-state index in [0.29, 0.717) is 0 Å². The fourth-order valence-corrected chi connectivity index (χ4v) is 2.28. The maximum atomic E-state index is 8.90. The van der Waals surface area contributed by atoms with Crippen molar-refractivity contribution in [1.82, 2.24) is 0 Å². The second kappa shape index (κ2) is 4.52. The van der Waals surface area contributed by atoms with Crippen LogP contribution in [0.3, 0.4) is 0 Å². The third-order valence-corrected chi connectivity index (χ3v) is 3.06. The smallest absolute Gasteiger partial charge is 0.104 e. The van der Waals surface area contributed by atoms with Crippen LogP contribution in [0.5, 0.6) is 0 Å². The molecule has 86 valence electrons. The fraction of sp³-hybridized carbons (Fsp3) is 0.0588. The van der Waals surface area contributed by atoms with Crippen LogP contribution in [0.2, 0.25) is 0 Å². The van der Waals surface area contributed by atoms with Gasteiger partial charge in [0.05, 0.1) is 0 Å². The van der Waals surface area contributed by atoms with E-state index < -0.39 is 0 Å². The highest BCUT2D eigenvalue weighted by molar-refractivity contribution is 6.04. The highest BCUT2D eigenvalue weighted by Gasteiger charge is 2.04. The van der Waals surface area contributed by atoms with Gasteiger partial charge in [0.1, 0.15) is 6.61 Å². The summed E-state index contributed by atoms with van der Waals surface area (Å²) in [5.41, 5.74) is 0.998. The molecule has 0 amide bonds. The van der Waals surface area contributed by atoms with Gasteiger partial charge in [-0.25, -0.2) is 0 Å². The Kier molecular flexibility index (Phi) is 2.72. The van der Waals surface area contributed by atoms with Crippen LogP contribution in [-0.2, 0) is 0 Å². The average molecular weight is 232 g/mol. The lowest BCUT2D eigenvalue weighted by Crippen LogP contribution is -1.85. The van der Waals surface area contributed by atoms with Crippen molar-refractivity contribution in [3.05, 3.63) is 60.2 Å². The van der Waals surface area contributed by atoms with Crippen molar-refractivity contribution < 1.29 is 5.11 Å². The van der Waals surface area contributed by atoms with E-state index in [0.717, 1.165) is 16.3 Å². The summed E-state index contributed by atoms with van der Waals surface area (Å²) in [5.74, 6) is 5.83. The van der Waals surface area contributed by atoms with E-state index in [-0.39, 0.29) is 6.61 Å². The van der Waals surface area contributed by atoms with Gasteiger partial charge in [0.25, 0.3) is 0 Å². The molecule has 0 saturated carbocycles. The van der Waals surface area contributed by atoms with E-state index in [1.165, 1.54) is 10.8 Å². The van der Waals surface area contributed by atoms with Gasteiger partial charge in [-0.2, -0.15) is 0 Å². The summed E-state index contributed by atoms with van der Waals surface area (Å²) < 4.78 is 0. The molecule has 18 heavy (non-hydrogen) atoms. The zero-order chi connectivity index (χ0) is 12.4. The van der Waals surface area contributed by atoms with Crippen molar-refractivity contribution in [2.75, 3.05) is 6.61 Å². The Bertz CT molecular complexity index is 722. The van der Waals surface area contributed by atoms with Gasteiger partial charge in [-0.1, -0.05) is 60.4 Å². The lowest BCUT2D eigenvalue weighted by molar-refractivity contribution is 0.350. The minimum atomic E-state index is -0.114. The molecule has 0 aromatic heterocycles. The summed E-state index contributed by atoms with van der Waals surface area (Å²) >= 11 is 0. The summed E-state index contributed by atoms with van der Waals surface area (Å²) in [6.07, 6.45) is 0. The predicted octanol–water partition coefficient (Wildman–Crippen LogP) is 3.34. The van der Waals surface area contributed by atoms with E-state index >= 15 is 0 Å². The molecule has 0 spiro atoms. The number of hydrogen-bond acceptors (Lipinski definition) is 1. The lowest BCUT2D eigenvalue weighted by atomic mass is 9.97. The molecule has 0 aliphatic heterocycles. The monoisotopic (exact) mass is 232 g/mol. The maximum absolute atomic E-state index is 8.90. The average Bonchev–Trinajstić information content (AvgIpc) is 2.43. The lowest BCUT2D eigenvalue weighted by Gasteiger charge is -2.06. The first-order chi connectivity index (χ1) is 8.90. The first-order valence-electron chi connectivity index (χ1n) is 5.90. The highest BCUT2D eigenvalue weighted by atomic mass is 16.2. The van der Waals surface area contributed by atoms with Gasteiger partial charge in [-0.15, -0.1) is 0 Å². The molecule has 1 N–H and O–H groups in total. The van der Waals surface area contributed by atoms with E-state index in [9.17, 15) is 0 Å². The summed E-state index contributed by atoms with van der Waals surface area (Å²) in [7, 11) is 0. The van der Waals surface area contributed by atoms with Crippen molar-refractivity contribution in [2.24, 2.45) is 0 Å². The summed E-state index contributed by atoms with van der Waals surface area (Å²) in [4.78, 5) is 0. The van der Waals surface area contributed by atoms with Crippen LogP contribution in [0.4, 0.5) is 0 Å². The molecular weight excluding hydrogens is 220 g/mol. The van der Waals surface area contributed by atoms with Gasteiger partial charge >= 0.3 is 0 Å². The van der Waals surface area contributed by atoms with E-state index in [1.54, 1.807) is 0 Å². The first-order valence-corrected chi connectivity index (χ1v) is 5.90. The van der Waals surface area contributed by atoms with Crippen LogP contribution >= 0.6 is 0 Å². The highest BCUT2D eigenvalue weighted by Crippen LogP contribution is 2.27. The molecule has 0 aliphatic carbocycles. The van der Waals surface area contributed by atoms with Gasteiger partial charge in [0.2, 0.25) is 0 Å². The minimum absolute atomic E-state index is 0.114. The molecule has 0 saturated heterocycles. The molecule has 1 nitrogen and oxygen atoms in total. The van der Waals surface area contributed by atoms with Gasteiger partial charge in [-0.05, 0) is 27.6 Å². The molecule has 0 unspecified atom stereocenters.